The van der Waals surface area contributed by atoms with Crippen LogP contribution in [0.25, 0.3) is 0 Å². The number of ether oxygens (including phenoxy) is 1. The highest BCUT2D eigenvalue weighted by Crippen LogP contribution is 2.24. The Morgan fingerprint density at radius 1 is 1.20 bits per heavy atom. The first-order valence-corrected chi connectivity index (χ1v) is 8.24. The van der Waals surface area contributed by atoms with Crippen molar-refractivity contribution in [3.8, 4) is 0 Å². The van der Waals surface area contributed by atoms with Crippen molar-refractivity contribution in [3.63, 3.8) is 0 Å². The van der Waals surface area contributed by atoms with E-state index in [4.69, 9.17) is 10.5 Å². The Morgan fingerprint density at radius 2 is 1.85 bits per heavy atom. The van der Waals surface area contributed by atoms with Crippen LogP contribution in [0.5, 0.6) is 0 Å². The van der Waals surface area contributed by atoms with Gasteiger partial charge in [0.15, 0.2) is 0 Å². The predicted octanol–water partition coefficient (Wildman–Crippen LogP) is 2.75. The van der Waals surface area contributed by atoms with Gasteiger partial charge in [0, 0.05) is 19.3 Å². The molecule has 118 valence electrons. The summed E-state index contributed by atoms with van der Waals surface area (Å²) in [5.74, 6) is -0.271. The molecule has 1 amide bonds. The maximum atomic E-state index is 11.6. The monoisotopic (exact) mass is 284 g/mol. The third-order valence-corrected chi connectivity index (χ3v) is 4.03. The number of amides is 1. The fourth-order valence-corrected chi connectivity index (χ4v) is 2.31. The topological polar surface area (TPSA) is 64.3 Å². The number of nitrogens with two attached hydrogens (primary N) is 1. The molecular weight excluding hydrogens is 252 g/mol. The summed E-state index contributed by atoms with van der Waals surface area (Å²) in [4.78, 5) is 11.6. The largest absolute Gasteiger partial charge is 0.381 e. The van der Waals surface area contributed by atoms with E-state index in [1.165, 1.54) is 32.1 Å². The number of hydrogen-bond donors (Lipinski definition) is 2. The van der Waals surface area contributed by atoms with Crippen molar-refractivity contribution in [2.45, 2.75) is 83.2 Å². The lowest BCUT2D eigenvalue weighted by molar-refractivity contribution is -0.124. The zero-order chi connectivity index (χ0) is 14.8. The SMILES string of the molecule is CCCCCCCCOCCC(C)(NC1CC1)C(N)=O. The molecule has 1 atom stereocenters. The first-order chi connectivity index (χ1) is 9.58. The maximum absolute atomic E-state index is 11.6. The smallest absolute Gasteiger partial charge is 0.237 e. The van der Waals surface area contributed by atoms with Gasteiger partial charge in [-0.1, -0.05) is 39.0 Å². The van der Waals surface area contributed by atoms with E-state index in [0.29, 0.717) is 19.1 Å². The van der Waals surface area contributed by atoms with Gasteiger partial charge in [0.2, 0.25) is 5.91 Å². The molecule has 0 saturated heterocycles. The van der Waals surface area contributed by atoms with Crippen molar-refractivity contribution in [3.05, 3.63) is 0 Å². The second kappa shape index (κ2) is 9.35. The van der Waals surface area contributed by atoms with E-state index >= 15 is 0 Å². The second-order valence-corrected chi connectivity index (χ2v) is 6.25. The van der Waals surface area contributed by atoms with Gasteiger partial charge in [-0.25, -0.2) is 0 Å². The number of rotatable bonds is 13. The van der Waals surface area contributed by atoms with Gasteiger partial charge in [-0.2, -0.15) is 0 Å². The molecule has 1 fully saturated rings. The molecule has 0 aliphatic heterocycles. The Labute approximate surface area is 123 Å². The van der Waals surface area contributed by atoms with Crippen LogP contribution in [0.2, 0.25) is 0 Å². The van der Waals surface area contributed by atoms with Gasteiger partial charge in [-0.05, 0) is 32.6 Å². The summed E-state index contributed by atoms with van der Waals surface area (Å²) in [7, 11) is 0. The Kier molecular flexibility index (Phi) is 8.15. The molecule has 4 nitrogen and oxygen atoms in total. The van der Waals surface area contributed by atoms with Crippen LogP contribution in [0.4, 0.5) is 0 Å². The molecule has 0 bridgehead atoms. The normalized spacial score (nSPS) is 17.9. The summed E-state index contributed by atoms with van der Waals surface area (Å²) in [5.41, 5.74) is 4.89. The molecule has 1 rings (SSSR count). The van der Waals surface area contributed by atoms with Gasteiger partial charge in [0.05, 0.1) is 5.54 Å². The lowest BCUT2D eigenvalue weighted by atomic mass is 9.97. The molecule has 20 heavy (non-hydrogen) atoms. The van der Waals surface area contributed by atoms with E-state index in [2.05, 4.69) is 12.2 Å². The van der Waals surface area contributed by atoms with Crippen LogP contribution in [0.3, 0.4) is 0 Å². The molecule has 1 saturated carbocycles. The molecule has 4 heteroatoms. The number of nitrogens with one attached hydrogen (secondary N) is 1. The van der Waals surface area contributed by atoms with Gasteiger partial charge in [-0.3, -0.25) is 4.79 Å². The summed E-state index contributed by atoms with van der Waals surface area (Å²) in [6.45, 7) is 5.52. The van der Waals surface area contributed by atoms with E-state index in [0.717, 1.165) is 25.9 Å². The van der Waals surface area contributed by atoms with Gasteiger partial charge >= 0.3 is 0 Å². The fraction of sp³-hybridized carbons (Fsp3) is 0.938. The third kappa shape index (κ3) is 7.25. The quantitative estimate of drug-likeness (QED) is 0.511. The minimum atomic E-state index is -0.609. The Hall–Kier alpha value is -0.610. The minimum absolute atomic E-state index is 0.271. The average molecular weight is 284 g/mol. The van der Waals surface area contributed by atoms with E-state index in [1.807, 2.05) is 6.92 Å². The highest BCUT2D eigenvalue weighted by Gasteiger charge is 2.36. The van der Waals surface area contributed by atoms with Crippen LogP contribution < -0.4 is 11.1 Å². The highest BCUT2D eigenvalue weighted by molar-refractivity contribution is 5.84. The highest BCUT2D eigenvalue weighted by atomic mass is 16.5. The molecule has 0 spiro atoms. The zero-order valence-corrected chi connectivity index (χ0v) is 13.2. The van der Waals surface area contributed by atoms with Gasteiger partial charge in [0.25, 0.3) is 0 Å². The summed E-state index contributed by atoms with van der Waals surface area (Å²) >= 11 is 0. The Balaban J connectivity index is 2.01. The summed E-state index contributed by atoms with van der Waals surface area (Å²) in [5, 5.41) is 3.34. The minimum Gasteiger partial charge on any atom is -0.381 e. The van der Waals surface area contributed by atoms with E-state index < -0.39 is 5.54 Å². The molecule has 0 radical (unpaired) electrons. The number of unbranched alkanes of at least 4 members (excludes halogenated alkanes) is 5. The lowest BCUT2D eigenvalue weighted by Crippen LogP contribution is -2.54. The van der Waals surface area contributed by atoms with Crippen molar-refractivity contribution in [2.75, 3.05) is 13.2 Å². The standard InChI is InChI=1S/C16H32N2O2/c1-3-4-5-6-7-8-12-20-13-11-16(2,15(17)19)18-14-9-10-14/h14,18H,3-13H2,1-2H3,(H2,17,19). The van der Waals surface area contributed by atoms with E-state index in [1.54, 1.807) is 0 Å². The van der Waals surface area contributed by atoms with Crippen LogP contribution >= 0.6 is 0 Å². The van der Waals surface area contributed by atoms with Crippen molar-refractivity contribution in [1.82, 2.24) is 5.32 Å². The van der Waals surface area contributed by atoms with Crippen LogP contribution in [0, 0.1) is 0 Å². The van der Waals surface area contributed by atoms with Gasteiger partial charge < -0.3 is 15.8 Å². The first kappa shape index (κ1) is 17.4. The van der Waals surface area contributed by atoms with Crippen molar-refractivity contribution >= 4 is 5.91 Å². The summed E-state index contributed by atoms with van der Waals surface area (Å²) in [6, 6.07) is 0.478. The van der Waals surface area contributed by atoms with Crippen LogP contribution in [0.1, 0.15) is 71.6 Å². The molecule has 0 heterocycles. The molecule has 3 N–H and O–H groups in total. The Morgan fingerprint density at radius 3 is 2.45 bits per heavy atom. The number of hydrogen-bond acceptors (Lipinski definition) is 3. The Bertz CT molecular complexity index is 280. The zero-order valence-electron chi connectivity index (χ0n) is 13.2. The average Bonchev–Trinajstić information content (AvgIpc) is 3.20. The van der Waals surface area contributed by atoms with Crippen LogP contribution in [-0.4, -0.2) is 30.7 Å². The fourth-order valence-electron chi connectivity index (χ4n) is 2.31. The van der Waals surface area contributed by atoms with E-state index in [9.17, 15) is 4.79 Å². The van der Waals surface area contributed by atoms with E-state index in [-0.39, 0.29) is 5.91 Å². The molecule has 1 unspecified atom stereocenters. The molecule has 0 aromatic heterocycles. The third-order valence-electron chi connectivity index (χ3n) is 4.03. The molecule has 0 aromatic carbocycles. The maximum Gasteiger partial charge on any atom is 0.237 e. The van der Waals surface area contributed by atoms with Gasteiger partial charge in [-0.15, -0.1) is 0 Å². The number of carbonyl (C=O) groups excluding carboxylic acids is 1. The van der Waals surface area contributed by atoms with Crippen molar-refractivity contribution < 1.29 is 9.53 Å². The van der Waals surface area contributed by atoms with Crippen LogP contribution in [0.15, 0.2) is 0 Å². The molecular formula is C16H32N2O2. The van der Waals surface area contributed by atoms with Crippen molar-refractivity contribution in [1.29, 1.82) is 0 Å². The summed E-state index contributed by atoms with van der Waals surface area (Å²) < 4.78 is 5.64. The second-order valence-electron chi connectivity index (χ2n) is 6.25. The number of carbonyl (C=O) groups is 1. The van der Waals surface area contributed by atoms with Crippen molar-refractivity contribution in [2.24, 2.45) is 5.73 Å². The molecule has 1 aliphatic carbocycles. The molecule has 1 aliphatic rings. The predicted molar refractivity (Wildman–Crippen MR) is 82.6 cm³/mol. The molecule has 0 aromatic rings. The first-order valence-electron chi connectivity index (χ1n) is 8.24. The summed E-state index contributed by atoms with van der Waals surface area (Å²) in [6.07, 6.45) is 10.6. The number of primary amides is 1. The van der Waals surface area contributed by atoms with Gasteiger partial charge in [0.1, 0.15) is 0 Å². The lowest BCUT2D eigenvalue weighted by Gasteiger charge is -2.27. The van der Waals surface area contributed by atoms with Crippen LogP contribution in [-0.2, 0) is 9.53 Å².